The second-order valence-electron chi connectivity index (χ2n) is 8.00. The molecule has 4 nitrogen and oxygen atoms in total. The summed E-state index contributed by atoms with van der Waals surface area (Å²) in [5.74, 6) is -2.92. The Hall–Kier alpha value is -2.83. The number of hydrogen-bond donors (Lipinski definition) is 2. The molecule has 2 amide bonds. The second kappa shape index (κ2) is 6.36. The van der Waals surface area contributed by atoms with E-state index in [-0.39, 0.29) is 28.6 Å². The van der Waals surface area contributed by atoms with E-state index in [2.05, 4.69) is 10.6 Å². The first-order valence-corrected chi connectivity index (χ1v) is 9.05. The second-order valence-corrected chi connectivity index (χ2v) is 8.00. The fourth-order valence-electron chi connectivity index (χ4n) is 4.52. The highest BCUT2D eigenvalue weighted by Crippen LogP contribution is 2.70. The minimum atomic E-state index is -0.801. The van der Waals surface area contributed by atoms with Crippen LogP contribution in [0, 0.1) is 28.8 Å². The van der Waals surface area contributed by atoms with Crippen LogP contribution in [0.2, 0.25) is 0 Å². The number of amides is 2. The zero-order chi connectivity index (χ0) is 20.1. The molecule has 1 atom stereocenters. The van der Waals surface area contributed by atoms with Gasteiger partial charge in [-0.1, -0.05) is 6.92 Å². The Morgan fingerprint density at radius 3 is 2.07 bits per heavy atom. The molecule has 0 aliphatic heterocycles. The van der Waals surface area contributed by atoms with Crippen LogP contribution in [-0.4, -0.2) is 17.4 Å². The zero-order valence-corrected chi connectivity index (χ0v) is 15.2. The van der Waals surface area contributed by atoms with Crippen LogP contribution in [0.1, 0.15) is 36.5 Å². The van der Waals surface area contributed by atoms with Gasteiger partial charge < -0.3 is 10.6 Å². The van der Waals surface area contributed by atoms with E-state index in [1.165, 1.54) is 24.3 Å². The maximum absolute atomic E-state index is 13.3. The van der Waals surface area contributed by atoms with E-state index >= 15 is 0 Å². The lowest BCUT2D eigenvalue weighted by atomic mass is 9.36. The smallest absolute Gasteiger partial charge is 0.251 e. The van der Waals surface area contributed by atoms with Crippen LogP contribution < -0.4 is 10.6 Å². The van der Waals surface area contributed by atoms with Crippen LogP contribution in [0.5, 0.6) is 0 Å². The van der Waals surface area contributed by atoms with E-state index in [4.69, 9.17) is 0 Å². The summed E-state index contributed by atoms with van der Waals surface area (Å²) in [6.45, 7) is 1.84. The molecule has 2 aromatic carbocycles. The van der Waals surface area contributed by atoms with Crippen molar-refractivity contribution >= 4 is 17.5 Å². The van der Waals surface area contributed by atoms with Gasteiger partial charge in [0.2, 0.25) is 5.91 Å². The monoisotopic (exact) mass is 388 g/mol. The molecule has 146 valence electrons. The van der Waals surface area contributed by atoms with E-state index in [1.54, 1.807) is 0 Å². The first-order chi connectivity index (χ1) is 13.2. The van der Waals surface area contributed by atoms with Crippen LogP contribution in [0.3, 0.4) is 0 Å². The zero-order valence-electron chi connectivity index (χ0n) is 15.2. The average Bonchev–Trinajstić information content (AvgIpc) is 2.57. The van der Waals surface area contributed by atoms with Crippen LogP contribution in [0.25, 0.3) is 0 Å². The largest absolute Gasteiger partial charge is 0.347 e. The highest BCUT2D eigenvalue weighted by atomic mass is 19.1. The maximum Gasteiger partial charge on any atom is 0.251 e. The summed E-state index contributed by atoms with van der Waals surface area (Å²) in [7, 11) is 0. The lowest BCUT2D eigenvalue weighted by Gasteiger charge is -2.72. The molecule has 2 aromatic rings. The van der Waals surface area contributed by atoms with Gasteiger partial charge in [0.1, 0.15) is 17.5 Å². The molecule has 0 aromatic heterocycles. The maximum atomic E-state index is 13.3. The lowest BCUT2D eigenvalue weighted by Crippen LogP contribution is -2.77. The Morgan fingerprint density at radius 1 is 0.929 bits per heavy atom. The molecule has 0 spiro atoms. The van der Waals surface area contributed by atoms with Gasteiger partial charge in [0, 0.05) is 28.8 Å². The number of hydrogen-bond acceptors (Lipinski definition) is 2. The summed E-state index contributed by atoms with van der Waals surface area (Å²) < 4.78 is 39.6. The van der Waals surface area contributed by atoms with Crippen molar-refractivity contribution in [3.63, 3.8) is 0 Å². The van der Waals surface area contributed by atoms with E-state index < -0.39 is 23.1 Å². The van der Waals surface area contributed by atoms with Crippen LogP contribution >= 0.6 is 0 Å². The molecule has 7 heteroatoms. The molecule has 3 fully saturated rings. The molecule has 0 saturated heterocycles. The van der Waals surface area contributed by atoms with Gasteiger partial charge in [-0.3, -0.25) is 9.59 Å². The quantitative estimate of drug-likeness (QED) is 0.813. The number of nitrogens with one attached hydrogen (secondary N) is 2. The van der Waals surface area contributed by atoms with Gasteiger partial charge in [0.25, 0.3) is 5.91 Å². The Bertz CT molecular complexity index is 919. The summed E-state index contributed by atoms with van der Waals surface area (Å²) >= 11 is 0. The lowest BCUT2D eigenvalue weighted by molar-refractivity contribution is -0.184. The predicted molar refractivity (Wildman–Crippen MR) is 97.0 cm³/mol. The van der Waals surface area contributed by atoms with Gasteiger partial charge in [-0.2, -0.15) is 0 Å². The first kappa shape index (κ1) is 18.5. The fraction of sp³-hybridized carbons (Fsp3) is 0.333. The molecule has 2 N–H and O–H groups in total. The van der Waals surface area contributed by atoms with Crippen molar-refractivity contribution in [3.8, 4) is 0 Å². The van der Waals surface area contributed by atoms with Gasteiger partial charge >= 0.3 is 0 Å². The summed E-state index contributed by atoms with van der Waals surface area (Å²) in [5.41, 5.74) is -0.131. The highest BCUT2D eigenvalue weighted by molar-refractivity contribution is 5.96. The van der Waals surface area contributed by atoms with E-state index in [0.29, 0.717) is 31.0 Å². The van der Waals surface area contributed by atoms with Crippen molar-refractivity contribution in [2.24, 2.45) is 11.3 Å². The van der Waals surface area contributed by atoms with Gasteiger partial charge in [0.15, 0.2) is 0 Å². The normalized spacial score (nSPS) is 25.9. The summed E-state index contributed by atoms with van der Waals surface area (Å²) in [6.07, 6.45) is 1.92. The number of carbonyl (C=O) groups excluding carboxylic acids is 2. The van der Waals surface area contributed by atoms with Crippen molar-refractivity contribution in [1.82, 2.24) is 5.32 Å². The third-order valence-corrected chi connectivity index (χ3v) is 6.00. The Morgan fingerprint density at radius 2 is 1.50 bits per heavy atom. The number of carbonyl (C=O) groups is 2. The molecule has 28 heavy (non-hydrogen) atoms. The van der Waals surface area contributed by atoms with Gasteiger partial charge in [-0.05, 0) is 61.1 Å². The van der Waals surface area contributed by atoms with Gasteiger partial charge in [0.05, 0.1) is 0 Å². The van der Waals surface area contributed by atoms with E-state index in [0.717, 1.165) is 12.1 Å². The molecule has 2 bridgehead atoms. The number of benzene rings is 2. The number of rotatable bonds is 5. The topological polar surface area (TPSA) is 58.2 Å². The summed E-state index contributed by atoms with van der Waals surface area (Å²) in [5, 5.41) is 5.64. The molecule has 0 heterocycles. The minimum absolute atomic E-state index is 0.0571. The molecule has 5 rings (SSSR count). The molecule has 0 unspecified atom stereocenters. The van der Waals surface area contributed by atoms with Crippen LogP contribution in [-0.2, 0) is 4.79 Å². The van der Waals surface area contributed by atoms with Crippen molar-refractivity contribution in [2.45, 2.75) is 31.7 Å². The molecule has 0 radical (unpaired) electrons. The number of halogens is 3. The number of anilines is 1. The molecular formula is C21H19F3N2O2. The standard InChI is InChI=1S/C21H19F3N2O2/c1-12(18(27)25-17-4-2-14(22)3-5-17)20-9-21(10-20,11-20)26-19(28)13-6-15(23)8-16(24)7-13/h2-8,12H,9-11H2,1H3,(H,25,27)(H,26,28)/t12-,20?,21?/m1/s1. The van der Waals surface area contributed by atoms with Crippen LogP contribution in [0.4, 0.5) is 18.9 Å². The van der Waals surface area contributed by atoms with Crippen molar-refractivity contribution in [3.05, 3.63) is 65.5 Å². The van der Waals surface area contributed by atoms with E-state index in [1.807, 2.05) is 6.92 Å². The first-order valence-electron chi connectivity index (χ1n) is 9.05. The Kier molecular flexibility index (Phi) is 4.21. The van der Waals surface area contributed by atoms with Crippen molar-refractivity contribution < 1.29 is 22.8 Å². The van der Waals surface area contributed by atoms with Gasteiger partial charge in [-0.15, -0.1) is 0 Å². The van der Waals surface area contributed by atoms with Gasteiger partial charge in [-0.25, -0.2) is 13.2 Å². The predicted octanol–water partition coefficient (Wildman–Crippen LogP) is 4.03. The molecule has 3 aliphatic rings. The minimum Gasteiger partial charge on any atom is -0.347 e. The highest BCUT2D eigenvalue weighted by Gasteiger charge is 2.71. The Labute approximate surface area is 160 Å². The van der Waals surface area contributed by atoms with Crippen molar-refractivity contribution in [1.29, 1.82) is 0 Å². The fourth-order valence-corrected chi connectivity index (χ4v) is 4.52. The molecule has 3 saturated carbocycles. The third kappa shape index (κ3) is 3.15. The molecule has 3 aliphatic carbocycles. The molecular weight excluding hydrogens is 369 g/mol. The SMILES string of the molecule is C[C@H](C(=O)Nc1ccc(F)cc1)C12CC(NC(=O)c3cc(F)cc(F)c3)(C1)C2. The third-order valence-electron chi connectivity index (χ3n) is 6.00. The Balaban J connectivity index is 1.34. The van der Waals surface area contributed by atoms with Crippen LogP contribution in [0.15, 0.2) is 42.5 Å². The summed E-state index contributed by atoms with van der Waals surface area (Å²) in [4.78, 5) is 24.8. The average molecular weight is 388 g/mol. The summed E-state index contributed by atoms with van der Waals surface area (Å²) in [6, 6.07) is 8.27. The van der Waals surface area contributed by atoms with Crippen molar-refractivity contribution in [2.75, 3.05) is 5.32 Å². The van der Waals surface area contributed by atoms with E-state index in [9.17, 15) is 22.8 Å².